The van der Waals surface area contributed by atoms with Crippen molar-refractivity contribution in [3.63, 3.8) is 0 Å². The van der Waals surface area contributed by atoms with E-state index >= 15 is 0 Å². The third-order valence-corrected chi connectivity index (χ3v) is 3.28. The second kappa shape index (κ2) is 5.04. The van der Waals surface area contributed by atoms with Crippen molar-refractivity contribution in [1.82, 2.24) is 14.4 Å². The Bertz CT molecular complexity index is 725. The molecule has 0 aliphatic rings. The zero-order valence-electron chi connectivity index (χ0n) is 10.2. The number of benzene rings is 1. The van der Waals surface area contributed by atoms with E-state index in [9.17, 15) is 0 Å². The van der Waals surface area contributed by atoms with Crippen molar-refractivity contribution >= 4 is 34.1 Å². The van der Waals surface area contributed by atoms with Gasteiger partial charge in [0.2, 0.25) is 5.65 Å². The molecule has 19 heavy (non-hydrogen) atoms. The monoisotopic (exact) mass is 366 g/mol. The fraction of sp³-hybridized carbons (Fsp3) is 0.0769. The topological polar surface area (TPSA) is 51.5 Å². The highest BCUT2D eigenvalue weighted by atomic mass is 127. The van der Waals surface area contributed by atoms with Gasteiger partial charge in [0, 0.05) is 23.0 Å². The largest absolute Gasteiger partial charge is 0.436 e. The maximum atomic E-state index is 5.83. The van der Waals surface area contributed by atoms with Crippen LogP contribution in [0, 0.1) is 3.57 Å². The molecule has 0 aliphatic carbocycles. The van der Waals surface area contributed by atoms with E-state index in [4.69, 9.17) is 4.74 Å². The second-order valence-electron chi connectivity index (χ2n) is 3.90. The van der Waals surface area contributed by atoms with E-state index in [0.29, 0.717) is 11.5 Å². The van der Waals surface area contributed by atoms with Gasteiger partial charge in [0.25, 0.3) is 5.88 Å². The summed E-state index contributed by atoms with van der Waals surface area (Å²) in [5.74, 6) is 1.96. The quantitative estimate of drug-likeness (QED) is 0.724. The highest BCUT2D eigenvalue weighted by Crippen LogP contribution is 2.25. The summed E-state index contributed by atoms with van der Waals surface area (Å²) in [6.07, 6.45) is 5.45. The van der Waals surface area contributed by atoms with Crippen LogP contribution in [0.5, 0.6) is 11.6 Å². The first-order valence-corrected chi connectivity index (χ1v) is 6.79. The number of nitrogens with one attached hydrogen (secondary N) is 1. The minimum Gasteiger partial charge on any atom is -0.436 e. The molecule has 0 radical (unpaired) electrons. The lowest BCUT2D eigenvalue weighted by Crippen LogP contribution is -1.99. The molecule has 3 rings (SSSR count). The molecule has 0 bridgehead atoms. The maximum absolute atomic E-state index is 5.83. The van der Waals surface area contributed by atoms with Gasteiger partial charge in [0.1, 0.15) is 11.6 Å². The van der Waals surface area contributed by atoms with Gasteiger partial charge in [-0.3, -0.25) is 4.40 Å². The van der Waals surface area contributed by atoms with Gasteiger partial charge < -0.3 is 10.1 Å². The first kappa shape index (κ1) is 12.2. The molecule has 1 aromatic carbocycles. The average Bonchev–Trinajstić information content (AvgIpc) is 2.87. The molecule has 1 N–H and O–H groups in total. The fourth-order valence-corrected chi connectivity index (χ4v) is 2.25. The number of hydrogen-bond acceptors (Lipinski definition) is 4. The molecule has 96 valence electrons. The Morgan fingerprint density at radius 3 is 3.05 bits per heavy atom. The van der Waals surface area contributed by atoms with Crippen LogP contribution in [0.2, 0.25) is 0 Å². The molecule has 5 nitrogen and oxygen atoms in total. The molecular formula is C13H11IN4O. The number of anilines is 1. The molecule has 6 heteroatoms. The van der Waals surface area contributed by atoms with Crippen molar-refractivity contribution in [3.8, 4) is 11.6 Å². The summed E-state index contributed by atoms with van der Waals surface area (Å²) in [5, 5.41) is 3.01. The minimum atomic E-state index is 0.485. The SMILES string of the molecule is CNc1cn2ccnc2c(Oc2cccc(I)c2)n1. The maximum Gasteiger partial charge on any atom is 0.265 e. The smallest absolute Gasteiger partial charge is 0.265 e. The fourth-order valence-electron chi connectivity index (χ4n) is 1.73. The van der Waals surface area contributed by atoms with E-state index in [2.05, 4.69) is 37.9 Å². The molecule has 0 aliphatic heterocycles. The van der Waals surface area contributed by atoms with Crippen LogP contribution in [0.3, 0.4) is 0 Å². The van der Waals surface area contributed by atoms with E-state index < -0.39 is 0 Å². The minimum absolute atomic E-state index is 0.485. The second-order valence-corrected chi connectivity index (χ2v) is 5.14. The number of imidazole rings is 1. The van der Waals surface area contributed by atoms with Crippen molar-refractivity contribution in [2.45, 2.75) is 0 Å². The van der Waals surface area contributed by atoms with E-state index in [1.54, 1.807) is 6.20 Å². The van der Waals surface area contributed by atoms with Crippen LogP contribution in [0.15, 0.2) is 42.9 Å². The summed E-state index contributed by atoms with van der Waals surface area (Å²) >= 11 is 2.25. The number of fused-ring (bicyclic) bond motifs is 1. The number of aromatic nitrogens is 3. The highest BCUT2D eigenvalue weighted by Gasteiger charge is 2.09. The molecule has 2 aromatic heterocycles. The number of hydrogen-bond donors (Lipinski definition) is 1. The predicted octanol–water partition coefficient (Wildman–Crippen LogP) is 3.17. The molecule has 2 heterocycles. The summed E-state index contributed by atoms with van der Waals surface area (Å²) in [6.45, 7) is 0. The van der Waals surface area contributed by atoms with Crippen LogP contribution in [-0.4, -0.2) is 21.4 Å². The Labute approximate surface area is 123 Å². The lowest BCUT2D eigenvalue weighted by Gasteiger charge is -2.08. The van der Waals surface area contributed by atoms with Crippen molar-refractivity contribution in [3.05, 3.63) is 46.4 Å². The van der Waals surface area contributed by atoms with Crippen LogP contribution in [-0.2, 0) is 0 Å². The van der Waals surface area contributed by atoms with Gasteiger partial charge in [0.05, 0.1) is 6.20 Å². The van der Waals surface area contributed by atoms with Crippen LogP contribution < -0.4 is 10.1 Å². The normalized spacial score (nSPS) is 10.6. The molecule has 0 saturated heterocycles. The zero-order chi connectivity index (χ0) is 13.2. The molecular weight excluding hydrogens is 355 g/mol. The summed E-state index contributed by atoms with van der Waals surface area (Å²) < 4.78 is 8.82. The van der Waals surface area contributed by atoms with E-state index in [0.717, 1.165) is 15.1 Å². The first-order chi connectivity index (χ1) is 9.26. The Morgan fingerprint density at radius 2 is 2.26 bits per heavy atom. The first-order valence-electron chi connectivity index (χ1n) is 5.71. The molecule has 3 aromatic rings. The summed E-state index contributed by atoms with van der Waals surface area (Å²) in [6, 6.07) is 7.81. The molecule has 0 spiro atoms. The van der Waals surface area contributed by atoms with E-state index in [1.165, 1.54) is 0 Å². The van der Waals surface area contributed by atoms with Crippen molar-refractivity contribution in [1.29, 1.82) is 0 Å². The highest BCUT2D eigenvalue weighted by molar-refractivity contribution is 14.1. The zero-order valence-corrected chi connectivity index (χ0v) is 12.3. The molecule has 0 amide bonds. The summed E-state index contributed by atoms with van der Waals surface area (Å²) in [5.41, 5.74) is 0.692. The molecule has 0 atom stereocenters. The van der Waals surface area contributed by atoms with Crippen molar-refractivity contribution < 1.29 is 4.74 Å². The lowest BCUT2D eigenvalue weighted by atomic mass is 10.3. The van der Waals surface area contributed by atoms with E-state index in [1.807, 2.05) is 48.1 Å². The van der Waals surface area contributed by atoms with Gasteiger partial charge in [-0.15, -0.1) is 0 Å². The van der Waals surface area contributed by atoms with Gasteiger partial charge in [-0.1, -0.05) is 6.07 Å². The predicted molar refractivity (Wildman–Crippen MR) is 81.8 cm³/mol. The summed E-state index contributed by atoms with van der Waals surface area (Å²) in [4.78, 5) is 8.66. The van der Waals surface area contributed by atoms with Gasteiger partial charge in [-0.25, -0.2) is 4.98 Å². The van der Waals surface area contributed by atoms with Crippen molar-refractivity contribution in [2.75, 3.05) is 12.4 Å². The Morgan fingerprint density at radius 1 is 1.37 bits per heavy atom. The van der Waals surface area contributed by atoms with Crippen LogP contribution in [0.25, 0.3) is 5.65 Å². The van der Waals surface area contributed by atoms with Gasteiger partial charge in [0.15, 0.2) is 0 Å². The van der Waals surface area contributed by atoms with Crippen molar-refractivity contribution in [2.24, 2.45) is 0 Å². The number of halogens is 1. The number of ether oxygens (including phenoxy) is 1. The third-order valence-electron chi connectivity index (χ3n) is 2.61. The number of rotatable bonds is 3. The van der Waals surface area contributed by atoms with Gasteiger partial charge in [-0.2, -0.15) is 4.98 Å². The van der Waals surface area contributed by atoms with Crippen LogP contribution in [0.1, 0.15) is 0 Å². The van der Waals surface area contributed by atoms with Crippen LogP contribution >= 0.6 is 22.6 Å². The molecule has 0 fully saturated rings. The Kier molecular flexibility index (Phi) is 3.24. The molecule has 0 unspecified atom stereocenters. The lowest BCUT2D eigenvalue weighted by molar-refractivity contribution is 0.465. The standard InChI is InChI=1S/C13H11IN4O/c1-15-11-8-18-6-5-16-12(18)13(17-11)19-10-4-2-3-9(14)7-10/h2-8,15H,1H3. The van der Waals surface area contributed by atoms with Gasteiger partial charge >= 0.3 is 0 Å². The van der Waals surface area contributed by atoms with Gasteiger partial charge in [-0.05, 0) is 40.8 Å². The number of nitrogens with zero attached hydrogens (tertiary/aromatic N) is 3. The Balaban J connectivity index is 2.06. The average molecular weight is 366 g/mol. The van der Waals surface area contributed by atoms with Crippen LogP contribution in [0.4, 0.5) is 5.82 Å². The Hall–Kier alpha value is -1.83. The van der Waals surface area contributed by atoms with E-state index in [-0.39, 0.29) is 0 Å². The molecule has 0 saturated carbocycles. The third kappa shape index (κ3) is 2.48. The summed E-state index contributed by atoms with van der Waals surface area (Å²) in [7, 11) is 1.82.